The second-order valence-electron chi connectivity index (χ2n) is 9.85. The number of hydrogen-bond donors (Lipinski definition) is 0. The van der Waals surface area contributed by atoms with Gasteiger partial charge in [-0.05, 0) is 61.7 Å². The van der Waals surface area contributed by atoms with Gasteiger partial charge in [-0.15, -0.1) is 0 Å². The van der Waals surface area contributed by atoms with Gasteiger partial charge in [0.15, 0.2) is 11.5 Å². The number of esters is 1. The molecule has 0 bridgehead atoms. The van der Waals surface area contributed by atoms with Crippen molar-refractivity contribution in [1.29, 1.82) is 0 Å². The number of unbranched alkanes of at least 4 members (excludes halogenated alkanes) is 2. The molecule has 4 aromatic carbocycles. The molecule has 0 saturated carbocycles. The molecule has 42 heavy (non-hydrogen) atoms. The SMILES string of the molecule is COc1cc(COC(=O)CCCCC[P+](c2ccccc2)(c2ccccc2)c2ccccc2)c(OC)c2c1OCO2.[Br-]. The van der Waals surface area contributed by atoms with E-state index >= 15 is 0 Å². The topological polar surface area (TPSA) is 63.2 Å². The van der Waals surface area contributed by atoms with Crippen LogP contribution in [-0.2, 0) is 16.1 Å². The van der Waals surface area contributed by atoms with Gasteiger partial charge in [0.05, 0.1) is 20.4 Å². The van der Waals surface area contributed by atoms with Crippen molar-refractivity contribution in [3.8, 4) is 23.0 Å². The van der Waals surface area contributed by atoms with Crippen LogP contribution in [0.3, 0.4) is 0 Å². The lowest BCUT2D eigenvalue weighted by Crippen LogP contribution is -3.00. The summed E-state index contributed by atoms with van der Waals surface area (Å²) >= 11 is 0. The van der Waals surface area contributed by atoms with Gasteiger partial charge < -0.3 is 40.7 Å². The van der Waals surface area contributed by atoms with Crippen LogP contribution in [0, 0.1) is 0 Å². The maximum absolute atomic E-state index is 12.7. The summed E-state index contributed by atoms with van der Waals surface area (Å²) in [5.74, 6) is 1.75. The summed E-state index contributed by atoms with van der Waals surface area (Å²) in [6.07, 6.45) is 4.10. The Hall–Kier alpha value is -3.54. The largest absolute Gasteiger partial charge is 1.00 e. The number of benzene rings is 4. The van der Waals surface area contributed by atoms with Crippen LogP contribution < -0.4 is 51.8 Å². The van der Waals surface area contributed by atoms with Crippen molar-refractivity contribution in [2.75, 3.05) is 27.2 Å². The molecule has 0 unspecified atom stereocenters. The molecule has 0 amide bonds. The first kappa shape index (κ1) is 31.4. The Morgan fingerprint density at radius 3 is 1.81 bits per heavy atom. The fourth-order valence-corrected chi connectivity index (χ4v) is 9.87. The Morgan fingerprint density at radius 2 is 1.29 bits per heavy atom. The summed E-state index contributed by atoms with van der Waals surface area (Å²) in [6.45, 7) is 0.160. The van der Waals surface area contributed by atoms with Crippen LogP contribution in [0.1, 0.15) is 31.2 Å². The van der Waals surface area contributed by atoms with Gasteiger partial charge in [-0.25, -0.2) is 0 Å². The zero-order valence-corrected chi connectivity index (χ0v) is 26.4. The molecule has 6 nitrogen and oxygen atoms in total. The van der Waals surface area contributed by atoms with E-state index in [1.54, 1.807) is 20.3 Å². The number of halogens is 1. The van der Waals surface area contributed by atoms with Gasteiger partial charge in [-0.3, -0.25) is 4.79 Å². The highest BCUT2D eigenvalue weighted by molar-refractivity contribution is 7.95. The molecule has 1 aliphatic rings. The minimum Gasteiger partial charge on any atom is -1.00 e. The van der Waals surface area contributed by atoms with Crippen LogP contribution in [-0.4, -0.2) is 33.1 Å². The summed E-state index contributed by atoms with van der Waals surface area (Å²) in [6, 6.07) is 34.4. The molecule has 8 heteroatoms. The smallest absolute Gasteiger partial charge is 0.306 e. The maximum atomic E-state index is 12.7. The van der Waals surface area contributed by atoms with Crippen molar-refractivity contribution < 1.29 is 45.5 Å². The Morgan fingerprint density at radius 1 is 0.738 bits per heavy atom. The lowest BCUT2D eigenvalue weighted by atomic mass is 10.1. The van der Waals surface area contributed by atoms with Gasteiger partial charge in [0.1, 0.15) is 29.8 Å². The molecular formula is C34H36BrO6P. The third-order valence-corrected chi connectivity index (χ3v) is 11.9. The van der Waals surface area contributed by atoms with E-state index in [-0.39, 0.29) is 36.4 Å². The van der Waals surface area contributed by atoms with E-state index < -0.39 is 7.26 Å². The quantitative estimate of drug-likeness (QED) is 0.126. The minimum atomic E-state index is -1.86. The Labute approximate surface area is 259 Å². The zero-order valence-electron chi connectivity index (χ0n) is 24.0. The summed E-state index contributed by atoms with van der Waals surface area (Å²) in [5.41, 5.74) is 0.671. The second-order valence-corrected chi connectivity index (χ2v) is 13.5. The molecule has 1 heterocycles. The molecule has 0 saturated heterocycles. The summed E-state index contributed by atoms with van der Waals surface area (Å²) in [5, 5.41) is 4.14. The second kappa shape index (κ2) is 15.1. The van der Waals surface area contributed by atoms with Crippen molar-refractivity contribution in [3.63, 3.8) is 0 Å². The highest BCUT2D eigenvalue weighted by Crippen LogP contribution is 2.56. The van der Waals surface area contributed by atoms with Gasteiger partial charge in [-0.2, -0.15) is 0 Å². The average Bonchev–Trinajstić information content (AvgIpc) is 3.53. The highest BCUT2D eigenvalue weighted by Gasteiger charge is 2.44. The lowest BCUT2D eigenvalue weighted by Gasteiger charge is -2.27. The zero-order chi connectivity index (χ0) is 28.5. The third kappa shape index (κ3) is 6.74. The number of carbonyl (C=O) groups excluding carboxylic acids is 1. The van der Waals surface area contributed by atoms with Crippen LogP contribution in [0.4, 0.5) is 0 Å². The fourth-order valence-electron chi connectivity index (χ4n) is 5.46. The van der Waals surface area contributed by atoms with Crippen molar-refractivity contribution >= 4 is 29.1 Å². The molecule has 5 rings (SSSR count). The summed E-state index contributed by atoms with van der Waals surface area (Å²) in [4.78, 5) is 12.7. The van der Waals surface area contributed by atoms with E-state index in [0.29, 0.717) is 35.0 Å². The van der Waals surface area contributed by atoms with Crippen molar-refractivity contribution in [3.05, 3.63) is 103 Å². The number of ether oxygens (including phenoxy) is 5. The number of fused-ring (bicyclic) bond motifs is 1. The van der Waals surface area contributed by atoms with Crippen LogP contribution in [0.25, 0.3) is 0 Å². The number of carbonyl (C=O) groups is 1. The fraction of sp³-hybridized carbons (Fsp3) is 0.265. The van der Waals surface area contributed by atoms with Crippen molar-refractivity contribution in [2.45, 2.75) is 32.3 Å². The van der Waals surface area contributed by atoms with Gasteiger partial charge in [-0.1, -0.05) is 54.6 Å². The first-order valence-electron chi connectivity index (χ1n) is 13.9. The number of methoxy groups -OCH3 is 2. The van der Waals surface area contributed by atoms with Crippen molar-refractivity contribution in [2.24, 2.45) is 0 Å². The standard InChI is InChI=1S/C34H36O6P.BrH/c1-36-30-23-26(32(37-2)34-33(30)39-25-40-34)24-38-31(35)21-13-6-14-22-41(27-15-7-3-8-16-27,28-17-9-4-10-18-28)29-19-11-5-12-20-29;/h3-5,7-12,15-20,23H,6,13-14,21-22,24-25H2,1-2H3;1H/q+1;/p-1. The first-order valence-corrected chi connectivity index (χ1v) is 15.9. The summed E-state index contributed by atoms with van der Waals surface area (Å²) in [7, 11) is 1.26. The molecule has 4 aromatic rings. The molecule has 0 radical (unpaired) electrons. The third-order valence-electron chi connectivity index (χ3n) is 7.42. The predicted molar refractivity (Wildman–Crippen MR) is 164 cm³/mol. The molecule has 0 N–H and O–H groups in total. The van der Waals surface area contributed by atoms with E-state index in [2.05, 4.69) is 91.0 Å². The molecule has 0 atom stereocenters. The van der Waals surface area contributed by atoms with E-state index in [4.69, 9.17) is 23.7 Å². The van der Waals surface area contributed by atoms with Crippen LogP contribution >= 0.6 is 7.26 Å². The van der Waals surface area contributed by atoms with Crippen LogP contribution in [0.2, 0.25) is 0 Å². The van der Waals surface area contributed by atoms with Gasteiger partial charge in [0.2, 0.25) is 18.3 Å². The molecular weight excluding hydrogens is 615 g/mol. The highest BCUT2D eigenvalue weighted by atomic mass is 79.9. The maximum Gasteiger partial charge on any atom is 0.306 e. The lowest BCUT2D eigenvalue weighted by molar-refractivity contribution is -0.145. The Balaban J connectivity index is 0.00000405. The van der Waals surface area contributed by atoms with Crippen LogP contribution in [0.5, 0.6) is 23.0 Å². The van der Waals surface area contributed by atoms with E-state index in [9.17, 15) is 4.79 Å². The van der Waals surface area contributed by atoms with Gasteiger partial charge in [0, 0.05) is 12.0 Å². The number of hydrogen-bond acceptors (Lipinski definition) is 6. The molecule has 220 valence electrons. The monoisotopic (exact) mass is 650 g/mol. The van der Waals surface area contributed by atoms with E-state index in [1.165, 1.54) is 15.9 Å². The average molecular weight is 652 g/mol. The Bertz CT molecular complexity index is 1340. The Kier molecular flexibility index (Phi) is 11.3. The molecule has 0 spiro atoms. The first-order chi connectivity index (χ1) is 20.2. The van der Waals surface area contributed by atoms with Crippen LogP contribution in [0.15, 0.2) is 97.1 Å². The normalized spacial score (nSPS) is 11.9. The summed E-state index contributed by atoms with van der Waals surface area (Å²) < 4.78 is 27.6. The molecule has 0 fully saturated rings. The van der Waals surface area contributed by atoms with Gasteiger partial charge >= 0.3 is 5.97 Å². The van der Waals surface area contributed by atoms with E-state index in [0.717, 1.165) is 25.4 Å². The predicted octanol–water partition coefficient (Wildman–Crippen LogP) is 3.03. The van der Waals surface area contributed by atoms with Crippen molar-refractivity contribution in [1.82, 2.24) is 0 Å². The van der Waals surface area contributed by atoms with E-state index in [1.807, 2.05) is 0 Å². The minimum absolute atomic E-state index is 0. The molecule has 0 aromatic heterocycles. The number of rotatable bonds is 13. The molecule has 1 aliphatic heterocycles. The van der Waals surface area contributed by atoms with Gasteiger partial charge in [0.25, 0.3) is 0 Å². The molecule has 0 aliphatic carbocycles.